The Bertz CT molecular complexity index is 1070. The molecule has 2 saturated carbocycles. The van der Waals surface area contributed by atoms with Gasteiger partial charge in [0, 0.05) is 24.6 Å². The zero-order chi connectivity index (χ0) is 24.7. The molecule has 0 aromatic heterocycles. The Hall–Kier alpha value is -2.53. The number of nitrogens with one attached hydrogen (secondary N) is 1. The summed E-state index contributed by atoms with van der Waals surface area (Å²) >= 11 is 0. The van der Waals surface area contributed by atoms with Crippen LogP contribution in [0.4, 0.5) is 5.69 Å². The van der Waals surface area contributed by atoms with E-state index in [9.17, 15) is 9.90 Å². The molecule has 2 fully saturated rings. The van der Waals surface area contributed by atoms with Crippen molar-refractivity contribution < 1.29 is 14.6 Å². The number of aromatic hydroxyl groups is 1. The molecule has 0 saturated heterocycles. The second kappa shape index (κ2) is 9.50. The smallest absolute Gasteiger partial charge is 0.225 e. The number of carbonyl (C=O) groups is 1. The molecule has 0 unspecified atom stereocenters. The van der Waals surface area contributed by atoms with Crippen molar-refractivity contribution in [3.05, 3.63) is 53.6 Å². The highest BCUT2D eigenvalue weighted by Crippen LogP contribution is 2.63. The molecule has 35 heavy (non-hydrogen) atoms. The first-order valence-corrected chi connectivity index (χ1v) is 13.3. The molecule has 2 aromatic carbocycles. The average molecular weight is 477 g/mol. The number of nitrogens with zero attached hydrogens (tertiary/aromatic N) is 1. The zero-order valence-electron chi connectivity index (χ0n) is 21.6. The van der Waals surface area contributed by atoms with Crippen molar-refractivity contribution in [3.8, 4) is 11.5 Å². The number of aryl methyl sites for hydroxylation is 1. The molecule has 3 aliphatic carbocycles. The van der Waals surface area contributed by atoms with Crippen molar-refractivity contribution in [1.82, 2.24) is 4.90 Å². The SMILES string of the molecule is C[C@H]1CC[C@H]2[C@@H]3CCc4cc(O)ccc4[C@H]3[C@@H](Oc3ccc(NC(=O)CCN(C)C)cc3)C[C@]12C. The first kappa shape index (κ1) is 24.2. The van der Waals surface area contributed by atoms with Gasteiger partial charge in [0.15, 0.2) is 0 Å². The maximum absolute atomic E-state index is 12.2. The third-order valence-electron chi connectivity index (χ3n) is 9.35. The summed E-state index contributed by atoms with van der Waals surface area (Å²) in [6, 6.07) is 13.8. The van der Waals surface area contributed by atoms with E-state index in [2.05, 4.69) is 25.2 Å². The molecular weight excluding hydrogens is 436 g/mol. The van der Waals surface area contributed by atoms with Gasteiger partial charge in [-0.3, -0.25) is 4.79 Å². The van der Waals surface area contributed by atoms with E-state index in [1.807, 2.05) is 55.4 Å². The van der Waals surface area contributed by atoms with Crippen LogP contribution >= 0.6 is 0 Å². The fourth-order valence-corrected chi connectivity index (χ4v) is 7.32. The molecular formula is C30H40N2O3. The number of anilines is 1. The Balaban J connectivity index is 1.37. The first-order valence-electron chi connectivity index (χ1n) is 13.3. The summed E-state index contributed by atoms with van der Waals surface area (Å²) in [5.74, 6) is 3.67. The number of phenolic OH excluding ortho intramolecular Hbond substituents is 1. The highest BCUT2D eigenvalue weighted by Gasteiger charge is 2.57. The minimum Gasteiger partial charge on any atom is -0.508 e. The Morgan fingerprint density at radius 3 is 2.66 bits per heavy atom. The summed E-state index contributed by atoms with van der Waals surface area (Å²) < 4.78 is 6.79. The van der Waals surface area contributed by atoms with Crippen molar-refractivity contribution in [2.24, 2.45) is 23.2 Å². The van der Waals surface area contributed by atoms with Crippen LogP contribution in [0.1, 0.15) is 63.0 Å². The third-order valence-corrected chi connectivity index (χ3v) is 9.35. The van der Waals surface area contributed by atoms with E-state index in [1.54, 1.807) is 0 Å². The third kappa shape index (κ3) is 4.67. The Morgan fingerprint density at radius 2 is 1.91 bits per heavy atom. The average Bonchev–Trinajstić information content (AvgIpc) is 3.12. The lowest BCUT2D eigenvalue weighted by Crippen LogP contribution is -2.50. The number of hydrogen-bond acceptors (Lipinski definition) is 4. The van der Waals surface area contributed by atoms with E-state index in [-0.39, 0.29) is 12.0 Å². The molecule has 1 amide bonds. The minimum absolute atomic E-state index is 0.0266. The summed E-state index contributed by atoms with van der Waals surface area (Å²) in [6.07, 6.45) is 6.48. The number of rotatable bonds is 6. The number of benzene rings is 2. The molecule has 0 radical (unpaired) electrons. The molecule has 2 N–H and O–H groups in total. The lowest BCUT2D eigenvalue weighted by molar-refractivity contribution is -0.116. The van der Waals surface area contributed by atoms with Gasteiger partial charge < -0.3 is 20.1 Å². The maximum atomic E-state index is 12.2. The van der Waals surface area contributed by atoms with Crippen LogP contribution < -0.4 is 10.1 Å². The quantitative estimate of drug-likeness (QED) is 0.550. The summed E-state index contributed by atoms with van der Waals surface area (Å²) in [5.41, 5.74) is 3.76. The van der Waals surface area contributed by atoms with Crippen molar-refractivity contribution in [1.29, 1.82) is 0 Å². The van der Waals surface area contributed by atoms with Gasteiger partial charge in [-0.2, -0.15) is 0 Å². The molecule has 0 heterocycles. The van der Waals surface area contributed by atoms with Crippen LogP contribution in [0.5, 0.6) is 11.5 Å². The van der Waals surface area contributed by atoms with Crippen LogP contribution in [-0.2, 0) is 11.2 Å². The van der Waals surface area contributed by atoms with Gasteiger partial charge in [-0.1, -0.05) is 19.9 Å². The highest BCUT2D eigenvalue weighted by atomic mass is 16.5. The number of amides is 1. The highest BCUT2D eigenvalue weighted by molar-refractivity contribution is 5.90. The molecule has 0 spiro atoms. The van der Waals surface area contributed by atoms with Crippen molar-refractivity contribution in [3.63, 3.8) is 0 Å². The van der Waals surface area contributed by atoms with Crippen LogP contribution in [0.25, 0.3) is 0 Å². The summed E-state index contributed by atoms with van der Waals surface area (Å²) in [7, 11) is 3.94. The van der Waals surface area contributed by atoms with Crippen LogP contribution in [0, 0.1) is 23.2 Å². The monoisotopic (exact) mass is 476 g/mol. The van der Waals surface area contributed by atoms with Gasteiger partial charge in [-0.05, 0) is 117 Å². The minimum atomic E-state index is 0.0266. The van der Waals surface area contributed by atoms with Crippen LogP contribution in [-0.4, -0.2) is 42.7 Å². The topological polar surface area (TPSA) is 61.8 Å². The predicted molar refractivity (Wildman–Crippen MR) is 140 cm³/mol. The van der Waals surface area contributed by atoms with E-state index < -0.39 is 0 Å². The fraction of sp³-hybridized carbons (Fsp3) is 0.567. The standard InChI is InChI=1S/C30H40N2O3/c1-19-5-14-26-25-12-6-20-17-22(33)9-13-24(20)29(25)27(18-30(19,26)2)35-23-10-7-21(8-11-23)31-28(34)15-16-32(3)4/h7-11,13,17,19,25-27,29,33H,5-6,12,14-16,18H2,1-4H3,(H,31,34)/t19-,25-,26-,27-,29+,30+/m0/s1. The lowest BCUT2D eigenvalue weighted by Gasteiger charge is -2.53. The van der Waals surface area contributed by atoms with Gasteiger partial charge in [0.1, 0.15) is 17.6 Å². The molecule has 5 nitrogen and oxygen atoms in total. The molecule has 188 valence electrons. The Labute approximate surface area is 209 Å². The number of hydrogen-bond donors (Lipinski definition) is 2. The van der Waals surface area contributed by atoms with Gasteiger partial charge in [0.2, 0.25) is 5.91 Å². The van der Waals surface area contributed by atoms with Gasteiger partial charge in [-0.15, -0.1) is 0 Å². The van der Waals surface area contributed by atoms with Gasteiger partial charge >= 0.3 is 0 Å². The van der Waals surface area contributed by atoms with Crippen molar-refractivity contribution >= 4 is 11.6 Å². The predicted octanol–water partition coefficient (Wildman–Crippen LogP) is 5.83. The van der Waals surface area contributed by atoms with E-state index in [4.69, 9.17) is 4.74 Å². The van der Waals surface area contributed by atoms with E-state index in [1.165, 1.54) is 30.4 Å². The van der Waals surface area contributed by atoms with E-state index >= 15 is 0 Å². The van der Waals surface area contributed by atoms with Gasteiger partial charge in [0.05, 0.1) is 0 Å². The summed E-state index contributed by atoms with van der Waals surface area (Å²) in [5, 5.41) is 13.1. The van der Waals surface area contributed by atoms with E-state index in [0.29, 0.717) is 35.3 Å². The van der Waals surface area contributed by atoms with Gasteiger partial charge in [0.25, 0.3) is 0 Å². The maximum Gasteiger partial charge on any atom is 0.225 e. The van der Waals surface area contributed by atoms with E-state index in [0.717, 1.165) is 36.7 Å². The molecule has 6 atom stereocenters. The largest absolute Gasteiger partial charge is 0.508 e. The lowest BCUT2D eigenvalue weighted by atomic mass is 9.53. The van der Waals surface area contributed by atoms with Crippen LogP contribution in [0.3, 0.4) is 0 Å². The Kier molecular flexibility index (Phi) is 6.56. The second-order valence-electron chi connectivity index (χ2n) is 11.7. The molecule has 5 heteroatoms. The van der Waals surface area contributed by atoms with Gasteiger partial charge in [-0.25, -0.2) is 0 Å². The molecule has 5 rings (SSSR count). The normalized spacial score (nSPS) is 31.4. The van der Waals surface area contributed by atoms with Crippen molar-refractivity contribution in [2.45, 2.75) is 64.4 Å². The fourth-order valence-electron chi connectivity index (χ4n) is 7.32. The number of carbonyl (C=O) groups excluding carboxylic acids is 1. The molecule has 2 aromatic rings. The number of fused-ring (bicyclic) bond motifs is 5. The van der Waals surface area contributed by atoms with Crippen LogP contribution in [0.15, 0.2) is 42.5 Å². The second-order valence-corrected chi connectivity index (χ2v) is 11.7. The summed E-state index contributed by atoms with van der Waals surface area (Å²) in [6.45, 7) is 5.66. The number of ether oxygens (including phenoxy) is 1. The zero-order valence-corrected chi connectivity index (χ0v) is 21.6. The molecule has 3 aliphatic rings. The van der Waals surface area contributed by atoms with Crippen molar-refractivity contribution in [2.75, 3.05) is 26.0 Å². The Morgan fingerprint density at radius 1 is 1.14 bits per heavy atom. The first-order chi connectivity index (χ1) is 16.7. The van der Waals surface area contributed by atoms with Crippen LogP contribution in [0.2, 0.25) is 0 Å². The number of phenols is 1. The molecule has 0 aliphatic heterocycles. The molecule has 0 bridgehead atoms. The summed E-state index contributed by atoms with van der Waals surface area (Å²) in [4.78, 5) is 14.2.